The molecule has 2 fully saturated rings. The fourth-order valence-electron chi connectivity index (χ4n) is 13.4. The fourth-order valence-corrected chi connectivity index (χ4v) is 13.4. The third-order valence-corrected chi connectivity index (χ3v) is 20.8. The summed E-state index contributed by atoms with van der Waals surface area (Å²) in [7, 11) is 0. The van der Waals surface area contributed by atoms with Gasteiger partial charge >= 0.3 is 0 Å². The second kappa shape index (κ2) is 59.2. The minimum atomic E-state index is 0.704. The topological polar surface area (TPSA) is 55.4 Å². The molecule has 0 N–H and O–H groups in total. The van der Waals surface area contributed by atoms with Gasteiger partial charge in [0.1, 0.15) is 34.5 Å². The third kappa shape index (κ3) is 44.3. The molecule has 6 aromatic carbocycles. The van der Waals surface area contributed by atoms with E-state index in [1.54, 1.807) is 0 Å². The van der Waals surface area contributed by atoms with Gasteiger partial charge in [0.2, 0.25) is 0 Å². The first-order valence-corrected chi connectivity index (χ1v) is 42.6. The molecule has 6 nitrogen and oxygen atoms in total. The lowest BCUT2D eigenvalue weighted by atomic mass is 9.87. The molecule has 1 atom stereocenters. The minimum Gasteiger partial charge on any atom is -0.493 e. The van der Waals surface area contributed by atoms with Gasteiger partial charge in [-0.15, -0.1) is 0 Å². The summed E-state index contributed by atoms with van der Waals surface area (Å²) in [4.78, 5) is 0. The van der Waals surface area contributed by atoms with Crippen molar-refractivity contribution < 1.29 is 28.4 Å². The van der Waals surface area contributed by atoms with Gasteiger partial charge in [0.25, 0.3) is 0 Å². The van der Waals surface area contributed by atoms with Gasteiger partial charge in [0, 0.05) is 0 Å². The largest absolute Gasteiger partial charge is 0.493 e. The summed E-state index contributed by atoms with van der Waals surface area (Å²) in [5.41, 5.74) is 15.1. The highest BCUT2D eigenvalue weighted by Crippen LogP contribution is 2.30. The highest BCUT2D eigenvalue weighted by molar-refractivity contribution is 5.40. The number of ether oxygens (including phenoxy) is 6. The van der Waals surface area contributed by atoms with Gasteiger partial charge in [-0.05, 0) is 249 Å². The molecule has 0 radical (unpaired) electrons. The summed E-state index contributed by atoms with van der Waals surface area (Å²) in [5.74, 6) is 8.77. The molecule has 2 aliphatic rings. The number of benzene rings is 6. The van der Waals surface area contributed by atoms with E-state index in [2.05, 4.69) is 227 Å². The van der Waals surface area contributed by atoms with Crippen LogP contribution in [0.1, 0.15) is 333 Å². The standard InChI is InChI=1S/C18H30O.C17H28O.C16H24O.2C16H26O.C15H22O/c1-4-5-6-7-8-9-10-11-14-19-18-15-16(2)12-13-17(18)3;1-4-5-6-7-8-9-10-13-18-17-14-15(2)11-12-16(17)3;1-13-8-9-14(2)16(12-13)17-11-10-15-6-4-3-5-7-15;1-5-7-8-15(6-2)12-17-16-11-13(3)9-10-14(16)4;1-4-5-6-7-8-9-12-17-16-13-14(2)10-11-15(16)3;1-12-8-9-13(2)15(10-12)16-11-14-6-4-3-5-7-14/h12-13,15H,4-11,14H2,1-3H3;11-12,14H,4-10,13H2,1-3H3;8-9,12,15H,3-7,10-11H2,1-2H3;9-11,15H,5-8,12H2,1-4H3;10-11,13H,4-9,12H2,1-3H3;8-10,14H,3-7,11H2,1-2H3. The number of unbranched alkanes of at least 4 members (excludes halogenated alkanes) is 19. The van der Waals surface area contributed by atoms with Crippen LogP contribution in [0.3, 0.4) is 0 Å². The fraction of sp³-hybridized carbons (Fsp3) is 0.633. The predicted molar refractivity (Wildman–Crippen MR) is 454 cm³/mol. The first-order chi connectivity index (χ1) is 50.4. The molecule has 8 rings (SSSR count). The summed E-state index contributed by atoms with van der Waals surface area (Å²) >= 11 is 0. The van der Waals surface area contributed by atoms with Crippen molar-refractivity contribution in [3.05, 3.63) is 176 Å². The van der Waals surface area contributed by atoms with Crippen molar-refractivity contribution in [1.29, 1.82) is 0 Å². The molecule has 1 unspecified atom stereocenters. The van der Waals surface area contributed by atoms with E-state index in [1.165, 1.54) is 298 Å². The van der Waals surface area contributed by atoms with Crippen molar-refractivity contribution >= 4 is 0 Å². The predicted octanol–water partition coefficient (Wildman–Crippen LogP) is 30.1. The maximum absolute atomic E-state index is 5.97. The molecule has 0 bridgehead atoms. The van der Waals surface area contributed by atoms with Crippen LogP contribution >= 0.6 is 0 Å². The van der Waals surface area contributed by atoms with Crippen LogP contribution in [0.25, 0.3) is 0 Å². The Labute approximate surface area is 641 Å². The van der Waals surface area contributed by atoms with Crippen molar-refractivity contribution in [2.45, 2.75) is 349 Å². The Kier molecular flexibility index (Phi) is 52.6. The molecular formula is C98H156O6. The second-order valence-corrected chi connectivity index (χ2v) is 31.2. The van der Waals surface area contributed by atoms with Gasteiger partial charge in [-0.3, -0.25) is 0 Å². The van der Waals surface area contributed by atoms with Crippen molar-refractivity contribution in [3.8, 4) is 34.5 Å². The van der Waals surface area contributed by atoms with E-state index in [4.69, 9.17) is 28.4 Å². The zero-order valence-corrected chi connectivity index (χ0v) is 70.3. The van der Waals surface area contributed by atoms with Crippen LogP contribution in [-0.4, -0.2) is 39.6 Å². The van der Waals surface area contributed by atoms with E-state index in [1.807, 2.05) is 0 Å². The van der Waals surface area contributed by atoms with Crippen LogP contribution in [0.5, 0.6) is 34.5 Å². The third-order valence-electron chi connectivity index (χ3n) is 20.8. The molecule has 0 amide bonds. The van der Waals surface area contributed by atoms with E-state index in [9.17, 15) is 0 Å². The zero-order chi connectivity index (χ0) is 75.8. The lowest BCUT2D eigenvalue weighted by Crippen LogP contribution is -2.15. The van der Waals surface area contributed by atoms with Crippen LogP contribution < -0.4 is 28.4 Å². The highest BCUT2D eigenvalue weighted by atomic mass is 16.5. The molecule has 0 aromatic heterocycles. The van der Waals surface area contributed by atoms with Crippen molar-refractivity contribution in [3.63, 3.8) is 0 Å². The molecule has 0 saturated heterocycles. The van der Waals surface area contributed by atoms with Gasteiger partial charge in [0.15, 0.2) is 0 Å². The van der Waals surface area contributed by atoms with E-state index in [-0.39, 0.29) is 0 Å². The Balaban J connectivity index is 0.000000324. The van der Waals surface area contributed by atoms with E-state index < -0.39 is 0 Å². The Morgan fingerprint density at radius 2 is 0.529 bits per heavy atom. The Morgan fingerprint density at radius 1 is 0.269 bits per heavy atom. The molecule has 0 heterocycles. The molecule has 6 aromatic rings. The minimum absolute atomic E-state index is 0.704. The quantitative estimate of drug-likeness (QED) is 0.0357. The second-order valence-electron chi connectivity index (χ2n) is 31.2. The smallest absolute Gasteiger partial charge is 0.122 e. The first-order valence-electron chi connectivity index (χ1n) is 42.6. The van der Waals surface area contributed by atoms with Gasteiger partial charge in [-0.1, -0.05) is 294 Å². The Hall–Kier alpha value is -5.88. The van der Waals surface area contributed by atoms with E-state index in [0.717, 1.165) is 86.0 Å². The maximum Gasteiger partial charge on any atom is 0.122 e. The average Bonchev–Trinajstić information content (AvgIpc) is 1.04. The molecule has 2 saturated carbocycles. The van der Waals surface area contributed by atoms with Gasteiger partial charge in [0.05, 0.1) is 39.6 Å². The van der Waals surface area contributed by atoms with Crippen LogP contribution in [0.2, 0.25) is 0 Å². The first kappa shape index (κ1) is 92.3. The molecule has 6 heteroatoms. The molecule has 0 aliphatic heterocycles. The van der Waals surface area contributed by atoms with E-state index in [0.29, 0.717) is 5.92 Å². The SMILES string of the molecule is CCCCC(CC)COc1cc(C)ccc1C.CCCCCCCCCCOc1cc(C)ccc1C.CCCCCCCCCOc1cc(C)ccc1C.CCCCCCCCOc1cc(C)ccc1C.Cc1ccc(C)c(OCC2CCCCC2)c1.Cc1ccc(C)c(OCCC2CCCCC2)c1. The van der Waals surface area contributed by atoms with Crippen LogP contribution in [0, 0.1) is 101 Å². The molecule has 104 heavy (non-hydrogen) atoms. The maximum atomic E-state index is 5.97. The number of hydrogen-bond acceptors (Lipinski definition) is 6. The monoisotopic (exact) mass is 1430 g/mol. The summed E-state index contributed by atoms with van der Waals surface area (Å²) in [6.07, 6.45) is 48.4. The Bertz CT molecular complexity index is 3070. The van der Waals surface area contributed by atoms with Gasteiger partial charge < -0.3 is 28.4 Å². The number of rotatable bonds is 41. The Morgan fingerprint density at radius 3 is 0.827 bits per heavy atom. The summed E-state index contributed by atoms with van der Waals surface area (Å²) in [6, 6.07) is 38.5. The van der Waals surface area contributed by atoms with Crippen molar-refractivity contribution in [2.75, 3.05) is 39.6 Å². The lowest BCUT2D eigenvalue weighted by molar-refractivity contribution is 0.208. The molecule has 2 aliphatic carbocycles. The van der Waals surface area contributed by atoms with Crippen LogP contribution in [0.4, 0.5) is 0 Å². The zero-order valence-electron chi connectivity index (χ0n) is 70.3. The van der Waals surface area contributed by atoms with Crippen LogP contribution in [0.15, 0.2) is 109 Å². The molecule has 0 spiro atoms. The summed E-state index contributed by atoms with van der Waals surface area (Å²) in [5, 5.41) is 0. The van der Waals surface area contributed by atoms with Gasteiger partial charge in [-0.2, -0.15) is 0 Å². The summed E-state index contributed by atoms with van der Waals surface area (Å²) < 4.78 is 35.4. The highest BCUT2D eigenvalue weighted by Gasteiger charge is 2.16. The van der Waals surface area contributed by atoms with Gasteiger partial charge in [-0.25, -0.2) is 0 Å². The summed E-state index contributed by atoms with van der Waals surface area (Å²) in [6.45, 7) is 41.9. The number of aryl methyl sites for hydroxylation is 12. The van der Waals surface area contributed by atoms with Crippen molar-refractivity contribution in [1.82, 2.24) is 0 Å². The lowest BCUT2D eigenvalue weighted by Gasteiger charge is -2.22. The molecular weight excluding hydrogens is 1270 g/mol. The number of hydrogen-bond donors (Lipinski definition) is 0. The van der Waals surface area contributed by atoms with Crippen LogP contribution in [-0.2, 0) is 0 Å². The average molecular weight is 1430 g/mol. The normalized spacial score (nSPS) is 13.0. The van der Waals surface area contributed by atoms with Crippen molar-refractivity contribution in [2.24, 2.45) is 17.8 Å². The van der Waals surface area contributed by atoms with E-state index >= 15 is 0 Å². The molecule has 584 valence electrons.